The van der Waals surface area contributed by atoms with Crippen LogP contribution in [0, 0.1) is 6.92 Å². The molecule has 2 heterocycles. The molecule has 2 aromatic heterocycles. The maximum absolute atomic E-state index is 11.8. The number of aryl methyl sites for hydroxylation is 1. The first-order valence-corrected chi connectivity index (χ1v) is 7.38. The molecule has 8 nitrogen and oxygen atoms in total. The highest BCUT2D eigenvalue weighted by molar-refractivity contribution is 5.94. The van der Waals surface area contributed by atoms with Crippen LogP contribution in [-0.2, 0) is 9.53 Å². The van der Waals surface area contributed by atoms with E-state index in [1.807, 2.05) is 31.2 Å². The average molecular weight is 338 g/mol. The van der Waals surface area contributed by atoms with E-state index < -0.39 is 18.5 Å². The van der Waals surface area contributed by atoms with Crippen LogP contribution in [0.4, 0.5) is 5.88 Å². The molecule has 3 rings (SSSR count). The Morgan fingerprint density at radius 2 is 2.00 bits per heavy atom. The number of rotatable bonds is 5. The summed E-state index contributed by atoms with van der Waals surface area (Å²) in [5.41, 5.74) is 2.61. The van der Waals surface area contributed by atoms with E-state index in [-0.39, 0.29) is 11.6 Å². The molecular weight excluding hydrogens is 324 g/mol. The monoisotopic (exact) mass is 338 g/mol. The van der Waals surface area contributed by atoms with Gasteiger partial charge in [0.15, 0.2) is 12.3 Å². The summed E-state index contributed by atoms with van der Waals surface area (Å²) in [4.78, 5) is 31.0. The summed E-state index contributed by atoms with van der Waals surface area (Å²) in [5.74, 6) is -1.12. The summed E-state index contributed by atoms with van der Waals surface area (Å²) in [6, 6.07) is 9.30. The molecule has 0 unspecified atom stereocenters. The summed E-state index contributed by atoms with van der Waals surface area (Å²) in [7, 11) is 0. The van der Waals surface area contributed by atoms with E-state index in [2.05, 4.69) is 20.4 Å². The lowest BCUT2D eigenvalue weighted by Gasteiger charge is -2.03. The molecule has 0 saturated carbocycles. The molecule has 0 aliphatic carbocycles. The number of anilines is 1. The van der Waals surface area contributed by atoms with Gasteiger partial charge in [0.25, 0.3) is 5.91 Å². The molecule has 25 heavy (non-hydrogen) atoms. The average Bonchev–Trinajstić information content (AvgIpc) is 3.09. The maximum Gasteiger partial charge on any atom is 0.359 e. The fraction of sp³-hybridized carbons (Fsp3) is 0.118. The Morgan fingerprint density at radius 1 is 1.20 bits per heavy atom. The zero-order valence-electron chi connectivity index (χ0n) is 13.3. The third-order valence-corrected chi connectivity index (χ3v) is 3.23. The molecule has 0 aliphatic rings. The Morgan fingerprint density at radius 3 is 2.72 bits per heavy atom. The number of hydrogen-bond acceptors (Lipinski definition) is 7. The van der Waals surface area contributed by atoms with Crippen molar-refractivity contribution >= 4 is 17.8 Å². The van der Waals surface area contributed by atoms with Crippen molar-refractivity contribution in [2.45, 2.75) is 6.92 Å². The van der Waals surface area contributed by atoms with Gasteiger partial charge in [0, 0.05) is 24.0 Å². The van der Waals surface area contributed by atoms with Crippen LogP contribution in [0.5, 0.6) is 0 Å². The fourth-order valence-corrected chi connectivity index (χ4v) is 1.98. The van der Waals surface area contributed by atoms with Crippen molar-refractivity contribution in [1.29, 1.82) is 0 Å². The number of hydrogen-bond donors (Lipinski definition) is 1. The number of carbonyl (C=O) groups excluding carboxylic acids is 2. The SMILES string of the molecule is Cc1ccc(-c2cc(NC(=O)COC(=O)c3cnccn3)on2)cc1. The normalized spacial score (nSPS) is 10.3. The molecule has 126 valence electrons. The van der Waals surface area contributed by atoms with E-state index in [4.69, 9.17) is 9.26 Å². The zero-order valence-corrected chi connectivity index (χ0v) is 13.3. The minimum atomic E-state index is -0.735. The van der Waals surface area contributed by atoms with E-state index in [1.54, 1.807) is 6.07 Å². The van der Waals surface area contributed by atoms with Crippen LogP contribution < -0.4 is 5.32 Å². The molecule has 3 aromatic rings. The molecular formula is C17H14N4O4. The summed E-state index contributed by atoms with van der Waals surface area (Å²) < 4.78 is 9.92. The Labute approximate surface area is 142 Å². The fourth-order valence-electron chi connectivity index (χ4n) is 1.98. The Balaban J connectivity index is 1.55. The van der Waals surface area contributed by atoms with Gasteiger partial charge in [-0.2, -0.15) is 0 Å². The van der Waals surface area contributed by atoms with E-state index >= 15 is 0 Å². The number of nitrogens with one attached hydrogen (secondary N) is 1. The van der Waals surface area contributed by atoms with Crippen molar-refractivity contribution in [3.63, 3.8) is 0 Å². The van der Waals surface area contributed by atoms with Gasteiger partial charge in [0.1, 0.15) is 5.69 Å². The van der Waals surface area contributed by atoms with Gasteiger partial charge < -0.3 is 9.26 Å². The molecule has 0 bridgehead atoms. The predicted molar refractivity (Wildman–Crippen MR) is 87.6 cm³/mol. The van der Waals surface area contributed by atoms with Gasteiger partial charge in [-0.05, 0) is 6.92 Å². The van der Waals surface area contributed by atoms with Crippen LogP contribution in [0.2, 0.25) is 0 Å². The van der Waals surface area contributed by atoms with Crippen molar-refractivity contribution in [3.8, 4) is 11.3 Å². The smallest absolute Gasteiger partial charge is 0.359 e. The topological polar surface area (TPSA) is 107 Å². The van der Waals surface area contributed by atoms with Crippen molar-refractivity contribution in [2.24, 2.45) is 0 Å². The molecule has 0 atom stereocenters. The first-order valence-electron chi connectivity index (χ1n) is 7.38. The minimum absolute atomic E-state index is 0.0247. The Bertz CT molecular complexity index is 875. The lowest BCUT2D eigenvalue weighted by atomic mass is 10.1. The molecule has 1 aromatic carbocycles. The van der Waals surface area contributed by atoms with Gasteiger partial charge in [-0.15, -0.1) is 0 Å². The van der Waals surface area contributed by atoms with Crippen molar-refractivity contribution in [3.05, 3.63) is 60.2 Å². The van der Waals surface area contributed by atoms with Crippen molar-refractivity contribution in [2.75, 3.05) is 11.9 Å². The van der Waals surface area contributed by atoms with Gasteiger partial charge in [0.05, 0.1) is 6.20 Å². The standard InChI is InChI=1S/C17H14N4O4/c1-11-2-4-12(5-3-11)13-8-16(25-21-13)20-15(22)10-24-17(23)14-9-18-6-7-19-14/h2-9H,10H2,1H3,(H,20,22). The molecule has 8 heteroatoms. The largest absolute Gasteiger partial charge is 0.451 e. The van der Waals surface area contributed by atoms with Crippen LogP contribution >= 0.6 is 0 Å². The van der Waals surface area contributed by atoms with E-state index in [0.717, 1.165) is 11.1 Å². The van der Waals surface area contributed by atoms with Gasteiger partial charge in [-0.1, -0.05) is 35.0 Å². The summed E-state index contributed by atoms with van der Waals surface area (Å²) in [5, 5.41) is 6.37. The lowest BCUT2D eigenvalue weighted by molar-refractivity contribution is -0.119. The number of nitrogens with zero attached hydrogens (tertiary/aromatic N) is 3. The molecule has 0 spiro atoms. The summed E-state index contributed by atoms with van der Waals surface area (Å²) in [6.45, 7) is 1.51. The predicted octanol–water partition coefficient (Wildman–Crippen LogP) is 2.24. The van der Waals surface area contributed by atoms with Crippen LogP contribution in [0.25, 0.3) is 11.3 Å². The molecule has 0 saturated heterocycles. The molecule has 1 N–H and O–H groups in total. The molecule has 1 amide bonds. The quantitative estimate of drug-likeness (QED) is 0.711. The third kappa shape index (κ3) is 4.25. The maximum atomic E-state index is 11.8. The highest BCUT2D eigenvalue weighted by atomic mass is 16.5. The Kier molecular flexibility index (Phi) is 4.79. The van der Waals surface area contributed by atoms with E-state index in [9.17, 15) is 9.59 Å². The number of ether oxygens (including phenoxy) is 1. The number of aromatic nitrogens is 3. The van der Waals surface area contributed by atoms with Crippen LogP contribution in [0.15, 0.2) is 53.4 Å². The van der Waals surface area contributed by atoms with Gasteiger partial charge in [-0.3, -0.25) is 15.1 Å². The lowest BCUT2D eigenvalue weighted by Crippen LogP contribution is -2.21. The molecule has 0 aliphatic heterocycles. The van der Waals surface area contributed by atoms with Crippen LogP contribution in [-0.4, -0.2) is 33.6 Å². The van der Waals surface area contributed by atoms with Crippen LogP contribution in [0.3, 0.4) is 0 Å². The molecule has 0 fully saturated rings. The van der Waals surface area contributed by atoms with E-state index in [0.29, 0.717) is 5.69 Å². The van der Waals surface area contributed by atoms with E-state index in [1.165, 1.54) is 18.6 Å². The number of carbonyl (C=O) groups is 2. The Hall–Kier alpha value is -3.55. The summed E-state index contributed by atoms with van der Waals surface area (Å²) in [6.07, 6.45) is 4.04. The second-order valence-corrected chi connectivity index (χ2v) is 5.16. The van der Waals surface area contributed by atoms with Crippen molar-refractivity contribution < 1.29 is 18.8 Å². The van der Waals surface area contributed by atoms with Gasteiger partial charge in [-0.25, -0.2) is 9.78 Å². The number of benzene rings is 1. The first kappa shape index (κ1) is 16.3. The third-order valence-electron chi connectivity index (χ3n) is 3.23. The van der Waals surface area contributed by atoms with Gasteiger partial charge >= 0.3 is 5.97 Å². The second kappa shape index (κ2) is 7.35. The summed E-state index contributed by atoms with van der Waals surface area (Å²) >= 11 is 0. The first-order chi connectivity index (χ1) is 12.1. The van der Waals surface area contributed by atoms with Gasteiger partial charge in [0.2, 0.25) is 5.88 Å². The molecule has 0 radical (unpaired) electrons. The number of esters is 1. The minimum Gasteiger partial charge on any atom is -0.451 e. The zero-order chi connectivity index (χ0) is 17.6. The highest BCUT2D eigenvalue weighted by Gasteiger charge is 2.13. The number of amides is 1. The second-order valence-electron chi connectivity index (χ2n) is 5.16. The van der Waals surface area contributed by atoms with Crippen molar-refractivity contribution in [1.82, 2.24) is 15.1 Å². The highest BCUT2D eigenvalue weighted by Crippen LogP contribution is 2.21. The van der Waals surface area contributed by atoms with Crippen LogP contribution in [0.1, 0.15) is 16.1 Å².